The Labute approximate surface area is 161 Å². The number of carbonyl (C=O) groups excluding carboxylic acids is 2. The van der Waals surface area contributed by atoms with Gasteiger partial charge in [0.1, 0.15) is 5.03 Å². The maximum Gasteiger partial charge on any atom is 0.325 e. The summed E-state index contributed by atoms with van der Waals surface area (Å²) in [6, 6.07) is 12.7. The number of carbonyl (C=O) groups is 2. The standard InChI is InChI=1S/C20H20N4O2S/c1-12-8-13(2)10-15(9-12)22-20(26)24-18(25)11-27-19-14(3)21-16-6-4-5-7-17(16)23-19/h4-10H,11H2,1-3H3,(H2,22,24,25,26). The molecule has 6 nitrogen and oxygen atoms in total. The Morgan fingerprint density at radius 3 is 2.26 bits per heavy atom. The van der Waals surface area contributed by atoms with Gasteiger partial charge in [0.25, 0.3) is 0 Å². The van der Waals surface area contributed by atoms with Crippen LogP contribution in [0, 0.1) is 20.8 Å². The predicted molar refractivity (Wildman–Crippen MR) is 108 cm³/mol. The van der Waals surface area contributed by atoms with Crippen molar-refractivity contribution in [1.82, 2.24) is 15.3 Å². The third-order valence-electron chi connectivity index (χ3n) is 3.77. The van der Waals surface area contributed by atoms with E-state index < -0.39 is 11.9 Å². The van der Waals surface area contributed by atoms with Crippen molar-refractivity contribution in [3.63, 3.8) is 0 Å². The molecule has 0 aliphatic rings. The Balaban J connectivity index is 1.58. The van der Waals surface area contributed by atoms with Gasteiger partial charge in [-0.05, 0) is 56.2 Å². The molecule has 0 fully saturated rings. The van der Waals surface area contributed by atoms with Crippen molar-refractivity contribution in [2.24, 2.45) is 0 Å². The summed E-state index contributed by atoms with van der Waals surface area (Å²) in [6.07, 6.45) is 0. The topological polar surface area (TPSA) is 84.0 Å². The number of imide groups is 1. The van der Waals surface area contributed by atoms with Crippen molar-refractivity contribution in [1.29, 1.82) is 0 Å². The number of benzene rings is 2. The maximum absolute atomic E-state index is 12.1. The number of fused-ring (bicyclic) bond motifs is 1. The van der Waals surface area contributed by atoms with Crippen molar-refractivity contribution in [2.45, 2.75) is 25.8 Å². The van der Waals surface area contributed by atoms with Gasteiger partial charge in [0.05, 0.1) is 22.5 Å². The van der Waals surface area contributed by atoms with Gasteiger partial charge < -0.3 is 5.32 Å². The highest BCUT2D eigenvalue weighted by atomic mass is 32.2. The highest BCUT2D eigenvalue weighted by Crippen LogP contribution is 2.21. The fraction of sp³-hybridized carbons (Fsp3) is 0.200. The molecule has 138 valence electrons. The molecule has 3 aromatic rings. The third-order valence-corrected chi connectivity index (χ3v) is 4.84. The number of amides is 3. The minimum atomic E-state index is -0.549. The molecule has 0 atom stereocenters. The molecule has 1 aromatic heterocycles. The van der Waals surface area contributed by atoms with Crippen molar-refractivity contribution in [2.75, 3.05) is 11.1 Å². The van der Waals surface area contributed by atoms with Crippen LogP contribution in [0.3, 0.4) is 0 Å². The van der Waals surface area contributed by atoms with Gasteiger partial charge in [0.15, 0.2) is 0 Å². The first-order valence-electron chi connectivity index (χ1n) is 8.46. The fourth-order valence-corrected chi connectivity index (χ4v) is 3.47. The zero-order valence-electron chi connectivity index (χ0n) is 15.4. The van der Waals surface area contributed by atoms with E-state index in [1.54, 1.807) is 0 Å². The minimum Gasteiger partial charge on any atom is -0.308 e. The van der Waals surface area contributed by atoms with E-state index in [0.717, 1.165) is 27.9 Å². The number of rotatable bonds is 4. The Bertz CT molecular complexity index is 1000. The van der Waals surface area contributed by atoms with Crippen molar-refractivity contribution >= 4 is 40.4 Å². The fourth-order valence-electron chi connectivity index (χ4n) is 2.71. The normalized spacial score (nSPS) is 10.6. The van der Waals surface area contributed by atoms with E-state index in [9.17, 15) is 9.59 Å². The number of urea groups is 1. The van der Waals surface area contributed by atoms with Crippen LogP contribution in [0.4, 0.5) is 10.5 Å². The third kappa shape index (κ3) is 5.04. The lowest BCUT2D eigenvalue weighted by Crippen LogP contribution is -2.35. The second-order valence-electron chi connectivity index (χ2n) is 6.27. The first-order chi connectivity index (χ1) is 12.9. The Morgan fingerprint density at radius 2 is 1.59 bits per heavy atom. The number of aryl methyl sites for hydroxylation is 3. The molecule has 0 aliphatic carbocycles. The number of hydrogen-bond acceptors (Lipinski definition) is 5. The van der Waals surface area contributed by atoms with Crippen LogP contribution in [0.1, 0.15) is 16.8 Å². The number of para-hydroxylation sites is 2. The lowest BCUT2D eigenvalue weighted by molar-refractivity contribution is -0.117. The van der Waals surface area contributed by atoms with E-state index in [1.807, 2.05) is 63.2 Å². The number of anilines is 1. The molecule has 2 aromatic carbocycles. The molecule has 1 heterocycles. The van der Waals surface area contributed by atoms with Crippen LogP contribution >= 0.6 is 11.8 Å². The minimum absolute atomic E-state index is 0.0775. The molecule has 3 rings (SSSR count). The summed E-state index contributed by atoms with van der Waals surface area (Å²) in [7, 11) is 0. The van der Waals surface area contributed by atoms with Crippen molar-refractivity contribution in [3.8, 4) is 0 Å². The highest BCUT2D eigenvalue weighted by molar-refractivity contribution is 7.99. The average molecular weight is 380 g/mol. The summed E-state index contributed by atoms with van der Waals surface area (Å²) in [5.41, 5.74) is 5.08. The second kappa shape index (κ2) is 8.18. The van der Waals surface area contributed by atoms with Crippen LogP contribution in [-0.4, -0.2) is 27.7 Å². The molecular weight excluding hydrogens is 360 g/mol. The maximum atomic E-state index is 12.1. The molecular formula is C20H20N4O2S. The highest BCUT2D eigenvalue weighted by Gasteiger charge is 2.12. The van der Waals surface area contributed by atoms with Crippen LogP contribution in [0.25, 0.3) is 11.0 Å². The van der Waals surface area contributed by atoms with E-state index in [-0.39, 0.29) is 5.75 Å². The van der Waals surface area contributed by atoms with Gasteiger partial charge in [-0.15, -0.1) is 0 Å². The summed E-state index contributed by atoms with van der Waals surface area (Å²) in [6.45, 7) is 5.75. The predicted octanol–water partition coefficient (Wildman–Crippen LogP) is 4.00. The van der Waals surface area contributed by atoms with Crippen LogP contribution in [0.15, 0.2) is 47.5 Å². The Hall–Kier alpha value is -2.93. The number of nitrogens with one attached hydrogen (secondary N) is 2. The van der Waals surface area contributed by atoms with Gasteiger partial charge in [0.2, 0.25) is 5.91 Å². The molecule has 3 amide bonds. The molecule has 2 N–H and O–H groups in total. The zero-order valence-corrected chi connectivity index (χ0v) is 16.2. The van der Waals surface area contributed by atoms with E-state index in [4.69, 9.17) is 0 Å². The summed E-state index contributed by atoms with van der Waals surface area (Å²) in [5, 5.41) is 5.70. The zero-order chi connectivity index (χ0) is 19.4. The molecule has 0 spiro atoms. The number of thioether (sulfide) groups is 1. The molecule has 0 radical (unpaired) electrons. The van der Waals surface area contributed by atoms with Gasteiger partial charge in [-0.1, -0.05) is 30.0 Å². The van der Waals surface area contributed by atoms with Crippen LogP contribution in [0.2, 0.25) is 0 Å². The second-order valence-corrected chi connectivity index (χ2v) is 7.23. The number of nitrogens with zero attached hydrogens (tertiary/aromatic N) is 2. The molecule has 27 heavy (non-hydrogen) atoms. The Kier molecular flexibility index (Phi) is 5.71. The molecule has 0 unspecified atom stereocenters. The Morgan fingerprint density at radius 1 is 0.963 bits per heavy atom. The van der Waals surface area contributed by atoms with E-state index in [0.29, 0.717) is 10.7 Å². The van der Waals surface area contributed by atoms with Crippen LogP contribution in [0.5, 0.6) is 0 Å². The van der Waals surface area contributed by atoms with Gasteiger partial charge >= 0.3 is 6.03 Å². The smallest absolute Gasteiger partial charge is 0.308 e. The van der Waals surface area contributed by atoms with Gasteiger partial charge in [-0.3, -0.25) is 10.1 Å². The lowest BCUT2D eigenvalue weighted by Gasteiger charge is -2.09. The van der Waals surface area contributed by atoms with Crippen LogP contribution < -0.4 is 10.6 Å². The summed E-state index contributed by atoms with van der Waals surface area (Å²) in [4.78, 5) is 33.1. The van der Waals surface area contributed by atoms with Gasteiger partial charge in [-0.2, -0.15) is 0 Å². The largest absolute Gasteiger partial charge is 0.325 e. The summed E-state index contributed by atoms with van der Waals surface area (Å²) in [5.74, 6) is -0.315. The lowest BCUT2D eigenvalue weighted by atomic mass is 10.1. The molecule has 7 heteroatoms. The van der Waals surface area contributed by atoms with Gasteiger partial charge in [-0.25, -0.2) is 14.8 Å². The molecule has 0 bridgehead atoms. The van der Waals surface area contributed by atoms with E-state index >= 15 is 0 Å². The average Bonchev–Trinajstić information content (AvgIpc) is 2.58. The summed E-state index contributed by atoms with van der Waals surface area (Å²) < 4.78 is 0. The quantitative estimate of drug-likeness (QED) is 0.669. The van der Waals surface area contributed by atoms with Crippen LogP contribution in [-0.2, 0) is 4.79 Å². The number of hydrogen-bond donors (Lipinski definition) is 2. The van der Waals surface area contributed by atoms with Crippen molar-refractivity contribution in [3.05, 3.63) is 59.3 Å². The van der Waals surface area contributed by atoms with E-state index in [1.165, 1.54) is 11.8 Å². The monoisotopic (exact) mass is 380 g/mol. The number of aromatic nitrogens is 2. The molecule has 0 saturated carbocycles. The first kappa shape index (κ1) is 18.8. The van der Waals surface area contributed by atoms with E-state index in [2.05, 4.69) is 20.6 Å². The molecule has 0 aliphatic heterocycles. The first-order valence-corrected chi connectivity index (χ1v) is 9.44. The van der Waals surface area contributed by atoms with Gasteiger partial charge in [0, 0.05) is 5.69 Å². The molecule has 0 saturated heterocycles. The van der Waals surface area contributed by atoms with Crippen molar-refractivity contribution < 1.29 is 9.59 Å². The SMILES string of the molecule is Cc1cc(C)cc(NC(=O)NC(=O)CSc2nc3ccccc3nc2C)c1. The summed E-state index contributed by atoms with van der Waals surface area (Å²) >= 11 is 1.26.